The first-order chi connectivity index (χ1) is 10.1. The van der Waals surface area contributed by atoms with Crippen LogP contribution in [0.2, 0.25) is 0 Å². The Labute approximate surface area is 128 Å². The zero-order valence-corrected chi connectivity index (χ0v) is 12.9. The predicted octanol–water partition coefficient (Wildman–Crippen LogP) is 2.94. The molecule has 0 aliphatic heterocycles. The van der Waals surface area contributed by atoms with Gasteiger partial charge in [0, 0.05) is 10.6 Å². The van der Waals surface area contributed by atoms with Crippen LogP contribution in [0, 0.1) is 13.8 Å². The van der Waals surface area contributed by atoms with Crippen molar-refractivity contribution in [3.8, 4) is 0 Å². The van der Waals surface area contributed by atoms with Crippen molar-refractivity contribution in [3.05, 3.63) is 59.4 Å². The fourth-order valence-electron chi connectivity index (χ4n) is 1.70. The van der Waals surface area contributed by atoms with E-state index in [1.165, 1.54) is 17.3 Å². The van der Waals surface area contributed by atoms with Crippen molar-refractivity contribution in [2.24, 2.45) is 5.10 Å². The normalized spacial score (nSPS) is 10.8. The lowest BCUT2D eigenvalue weighted by atomic mass is 10.2. The van der Waals surface area contributed by atoms with E-state index in [1.54, 1.807) is 6.21 Å². The van der Waals surface area contributed by atoms with Crippen molar-refractivity contribution in [2.75, 3.05) is 5.75 Å². The lowest BCUT2D eigenvalue weighted by Crippen LogP contribution is -2.19. The summed E-state index contributed by atoms with van der Waals surface area (Å²) in [5, 5.41) is 3.92. The van der Waals surface area contributed by atoms with Crippen LogP contribution in [0.25, 0.3) is 0 Å². The predicted molar refractivity (Wildman–Crippen MR) is 86.6 cm³/mol. The third-order valence-corrected chi connectivity index (χ3v) is 3.92. The van der Waals surface area contributed by atoms with E-state index < -0.39 is 0 Å². The van der Waals surface area contributed by atoms with E-state index in [-0.39, 0.29) is 5.91 Å². The molecule has 0 aliphatic carbocycles. The van der Waals surface area contributed by atoms with E-state index in [9.17, 15) is 4.79 Å². The highest BCUT2D eigenvalue weighted by molar-refractivity contribution is 8.00. The van der Waals surface area contributed by atoms with Crippen LogP contribution in [0.5, 0.6) is 0 Å². The van der Waals surface area contributed by atoms with E-state index >= 15 is 0 Å². The van der Waals surface area contributed by atoms with E-state index in [0.29, 0.717) is 5.75 Å². The van der Waals surface area contributed by atoms with Gasteiger partial charge in [-0.25, -0.2) is 5.43 Å². The first kappa shape index (κ1) is 15.3. The summed E-state index contributed by atoms with van der Waals surface area (Å²) >= 11 is 1.50. The van der Waals surface area contributed by atoms with Crippen molar-refractivity contribution in [1.29, 1.82) is 0 Å². The number of carbonyl (C=O) groups is 1. The molecule has 0 atom stereocenters. The second-order valence-electron chi connectivity index (χ2n) is 4.55. The van der Waals surface area contributed by atoms with Crippen LogP contribution < -0.4 is 5.43 Å². The van der Waals surface area contributed by atoms with Gasteiger partial charge in [-0.3, -0.25) is 9.78 Å². The molecule has 0 saturated heterocycles. The molecule has 2 rings (SSSR count). The molecule has 4 nitrogen and oxygen atoms in total. The summed E-state index contributed by atoms with van der Waals surface area (Å²) in [5.74, 6) is 0.204. The van der Waals surface area contributed by atoms with Gasteiger partial charge in [0.15, 0.2) is 0 Å². The molecule has 5 heteroatoms. The van der Waals surface area contributed by atoms with Crippen LogP contribution in [0.4, 0.5) is 0 Å². The minimum atomic E-state index is -0.132. The molecule has 1 aromatic heterocycles. The number of nitrogens with one attached hydrogen (secondary N) is 1. The summed E-state index contributed by atoms with van der Waals surface area (Å²) < 4.78 is 0. The second-order valence-corrected chi connectivity index (χ2v) is 5.57. The number of aromatic nitrogens is 1. The van der Waals surface area contributed by atoms with E-state index in [4.69, 9.17) is 0 Å². The molecule has 1 N–H and O–H groups in total. The summed E-state index contributed by atoms with van der Waals surface area (Å²) in [6.45, 7) is 3.94. The lowest BCUT2D eigenvalue weighted by Gasteiger charge is -2.03. The van der Waals surface area contributed by atoms with Crippen LogP contribution in [-0.2, 0) is 4.79 Å². The highest BCUT2D eigenvalue weighted by Gasteiger charge is 2.03. The Morgan fingerprint density at radius 1 is 1.24 bits per heavy atom. The maximum atomic E-state index is 11.7. The van der Waals surface area contributed by atoms with Gasteiger partial charge < -0.3 is 0 Å². The second kappa shape index (κ2) is 7.59. The van der Waals surface area contributed by atoms with Gasteiger partial charge in [0.25, 0.3) is 0 Å². The molecule has 1 heterocycles. The third kappa shape index (κ3) is 5.04. The topological polar surface area (TPSA) is 54.4 Å². The van der Waals surface area contributed by atoms with Crippen LogP contribution in [0.3, 0.4) is 0 Å². The highest BCUT2D eigenvalue weighted by Crippen LogP contribution is 2.21. The molecular formula is C16H17N3OS. The molecule has 0 spiro atoms. The number of aryl methyl sites for hydroxylation is 2. The fraction of sp³-hybridized carbons (Fsp3) is 0.188. The number of pyridine rings is 1. The van der Waals surface area contributed by atoms with Crippen molar-refractivity contribution in [3.63, 3.8) is 0 Å². The Balaban J connectivity index is 1.81. The number of nitrogens with zero attached hydrogens (tertiary/aromatic N) is 2. The first-order valence-electron chi connectivity index (χ1n) is 6.59. The number of benzene rings is 1. The third-order valence-electron chi connectivity index (χ3n) is 2.75. The minimum absolute atomic E-state index is 0.132. The molecule has 0 aliphatic rings. The number of hydrogen-bond acceptors (Lipinski definition) is 4. The van der Waals surface area contributed by atoms with Gasteiger partial charge in [-0.15, -0.1) is 11.8 Å². The smallest absolute Gasteiger partial charge is 0.250 e. The van der Waals surface area contributed by atoms with Crippen LogP contribution >= 0.6 is 11.8 Å². The molecule has 1 amide bonds. The van der Waals surface area contributed by atoms with Gasteiger partial charge in [0.2, 0.25) is 5.91 Å². The summed E-state index contributed by atoms with van der Waals surface area (Å²) in [7, 11) is 0. The van der Waals surface area contributed by atoms with E-state index in [2.05, 4.69) is 15.5 Å². The molecule has 0 bridgehead atoms. The monoisotopic (exact) mass is 299 g/mol. The number of rotatable bonds is 5. The number of hydrazone groups is 1. The maximum Gasteiger partial charge on any atom is 0.250 e. The van der Waals surface area contributed by atoms with Crippen molar-refractivity contribution in [2.45, 2.75) is 18.7 Å². The minimum Gasteiger partial charge on any atom is -0.272 e. The van der Waals surface area contributed by atoms with Crippen LogP contribution in [0.15, 0.2) is 52.5 Å². The Morgan fingerprint density at radius 2 is 2.05 bits per heavy atom. The number of carbonyl (C=O) groups excluding carboxylic acids is 1. The molecule has 2 aromatic rings. The number of amides is 1. The molecule has 0 saturated carbocycles. The Hall–Kier alpha value is -2.14. The summed E-state index contributed by atoms with van der Waals surface area (Å²) in [5.41, 5.74) is 5.32. The Bertz CT molecular complexity index is 655. The highest BCUT2D eigenvalue weighted by atomic mass is 32.2. The fourth-order valence-corrected chi connectivity index (χ4v) is 2.52. The maximum absolute atomic E-state index is 11.7. The van der Waals surface area contributed by atoms with Gasteiger partial charge in [0.1, 0.15) is 0 Å². The molecule has 0 fully saturated rings. The van der Waals surface area contributed by atoms with Gasteiger partial charge in [0.05, 0.1) is 17.7 Å². The Kier molecular flexibility index (Phi) is 5.51. The quantitative estimate of drug-likeness (QED) is 0.524. The zero-order valence-electron chi connectivity index (χ0n) is 12.0. The summed E-state index contributed by atoms with van der Waals surface area (Å²) in [4.78, 5) is 17.1. The van der Waals surface area contributed by atoms with Crippen molar-refractivity contribution in [1.82, 2.24) is 10.4 Å². The summed E-state index contributed by atoms with van der Waals surface area (Å²) in [6.07, 6.45) is 1.54. The average Bonchev–Trinajstić information content (AvgIpc) is 2.46. The average molecular weight is 299 g/mol. The van der Waals surface area contributed by atoms with Gasteiger partial charge in [-0.05, 0) is 37.6 Å². The molecule has 108 valence electrons. The molecule has 1 aromatic carbocycles. The van der Waals surface area contributed by atoms with E-state index in [1.807, 2.05) is 56.3 Å². The molecule has 21 heavy (non-hydrogen) atoms. The Morgan fingerprint density at radius 3 is 2.81 bits per heavy atom. The van der Waals surface area contributed by atoms with Crippen molar-refractivity contribution >= 4 is 23.9 Å². The largest absolute Gasteiger partial charge is 0.272 e. The SMILES string of the molecule is Cc1cccc(C=NNC(=O)CSc2ccccc2C)n1. The summed E-state index contributed by atoms with van der Waals surface area (Å²) in [6, 6.07) is 13.6. The number of thioether (sulfide) groups is 1. The lowest BCUT2D eigenvalue weighted by molar-refractivity contribution is -0.118. The van der Waals surface area contributed by atoms with E-state index in [0.717, 1.165) is 16.3 Å². The van der Waals surface area contributed by atoms with Gasteiger partial charge in [-0.2, -0.15) is 5.10 Å². The van der Waals surface area contributed by atoms with Gasteiger partial charge >= 0.3 is 0 Å². The van der Waals surface area contributed by atoms with Gasteiger partial charge in [-0.1, -0.05) is 24.3 Å². The molecule has 0 radical (unpaired) electrons. The van der Waals surface area contributed by atoms with Crippen LogP contribution in [0.1, 0.15) is 17.0 Å². The zero-order chi connectivity index (χ0) is 15.1. The van der Waals surface area contributed by atoms with Crippen molar-refractivity contribution < 1.29 is 4.79 Å². The molecular weight excluding hydrogens is 282 g/mol. The molecule has 0 unspecified atom stereocenters. The van der Waals surface area contributed by atoms with Crippen LogP contribution in [-0.4, -0.2) is 22.9 Å². The standard InChI is InChI=1S/C16H17N3OS/c1-12-6-3-4-9-15(12)21-11-16(20)19-17-10-14-8-5-7-13(2)18-14/h3-10H,11H2,1-2H3,(H,19,20). The first-order valence-corrected chi connectivity index (χ1v) is 7.58. The number of hydrogen-bond donors (Lipinski definition) is 1.